The number of aromatic hydroxyl groups is 1. The summed E-state index contributed by atoms with van der Waals surface area (Å²) in [5.41, 5.74) is 2.64. The maximum absolute atomic E-state index is 9.95. The molecule has 2 bridgehead atoms. The average Bonchev–Trinajstić information content (AvgIpc) is 2.47. The predicted molar refractivity (Wildman–Crippen MR) is 76.5 cm³/mol. The van der Waals surface area contributed by atoms with Crippen LogP contribution in [0.25, 0.3) is 0 Å². The summed E-state index contributed by atoms with van der Waals surface area (Å²) < 4.78 is 23.7. The molecule has 2 fully saturated rings. The maximum atomic E-state index is 9.95. The zero-order valence-electron chi connectivity index (χ0n) is 14.2. The first-order chi connectivity index (χ1) is 10.4. The molecule has 4 rings (SSSR count). The molecule has 0 unspecified atom stereocenters. The molecule has 2 heteroatoms. The van der Waals surface area contributed by atoms with Crippen molar-refractivity contribution in [2.75, 3.05) is 13.5 Å². The van der Waals surface area contributed by atoms with Crippen molar-refractivity contribution in [1.29, 1.82) is 0 Å². The number of likely N-dealkylation sites (N-methyl/N-ethyl adjacent to an activating group) is 1. The third-order valence-corrected chi connectivity index (χ3v) is 5.82. The Morgan fingerprint density at radius 2 is 2.32 bits per heavy atom. The van der Waals surface area contributed by atoms with Crippen LogP contribution >= 0.6 is 0 Å². The van der Waals surface area contributed by atoms with Gasteiger partial charge in [0.05, 0.1) is 0 Å². The summed E-state index contributed by atoms with van der Waals surface area (Å²) in [5, 5.41) is 9.95. The highest BCUT2D eigenvalue weighted by atomic mass is 16.3. The van der Waals surface area contributed by atoms with E-state index in [1.165, 1.54) is 24.0 Å². The van der Waals surface area contributed by atoms with Crippen molar-refractivity contribution in [2.45, 2.75) is 50.0 Å². The van der Waals surface area contributed by atoms with E-state index in [-0.39, 0.29) is 11.5 Å². The highest BCUT2D eigenvalue weighted by molar-refractivity contribution is 5.45. The lowest BCUT2D eigenvalue weighted by molar-refractivity contribution is 0.00274. The topological polar surface area (TPSA) is 23.5 Å². The Bertz CT molecular complexity index is 600. The van der Waals surface area contributed by atoms with E-state index < -0.39 is 6.98 Å². The fourth-order valence-corrected chi connectivity index (χ4v) is 4.99. The summed E-state index contributed by atoms with van der Waals surface area (Å²) in [6, 6.07) is 5.83. The van der Waals surface area contributed by atoms with Gasteiger partial charge in [-0.2, -0.15) is 0 Å². The maximum Gasteiger partial charge on any atom is 0.115 e. The van der Waals surface area contributed by atoms with Crippen LogP contribution in [0.5, 0.6) is 5.75 Å². The van der Waals surface area contributed by atoms with Crippen molar-refractivity contribution in [3.05, 3.63) is 29.3 Å². The van der Waals surface area contributed by atoms with Gasteiger partial charge in [0.1, 0.15) is 5.75 Å². The van der Waals surface area contributed by atoms with Gasteiger partial charge in [-0.3, -0.25) is 0 Å². The normalized spacial score (nSPS) is 40.5. The number of hydrogen-bond donors (Lipinski definition) is 1. The molecule has 102 valence electrons. The van der Waals surface area contributed by atoms with E-state index >= 15 is 0 Å². The van der Waals surface area contributed by atoms with Crippen molar-refractivity contribution in [3.8, 4) is 5.75 Å². The Morgan fingerprint density at radius 1 is 1.37 bits per heavy atom. The zero-order valence-corrected chi connectivity index (χ0v) is 11.2. The molecule has 1 saturated carbocycles. The van der Waals surface area contributed by atoms with Crippen LogP contribution in [-0.4, -0.2) is 29.6 Å². The molecule has 19 heavy (non-hydrogen) atoms. The molecule has 3 aliphatic rings. The second kappa shape index (κ2) is 3.99. The summed E-state index contributed by atoms with van der Waals surface area (Å²) in [6.45, 7) is -1.35. The van der Waals surface area contributed by atoms with E-state index in [4.69, 9.17) is 4.11 Å². The van der Waals surface area contributed by atoms with E-state index in [0.29, 0.717) is 18.2 Å². The number of benzene rings is 1. The van der Waals surface area contributed by atoms with E-state index in [2.05, 4.69) is 0 Å². The van der Waals surface area contributed by atoms with Gasteiger partial charge < -0.3 is 10.0 Å². The molecule has 1 aromatic rings. The summed E-state index contributed by atoms with van der Waals surface area (Å²) in [7, 11) is 0. The lowest BCUT2D eigenvalue weighted by atomic mass is 9.52. The number of hydrogen-bond acceptors (Lipinski definition) is 2. The van der Waals surface area contributed by atoms with Gasteiger partial charge >= 0.3 is 0 Å². The molecule has 1 aliphatic heterocycles. The Labute approximate surface area is 119 Å². The molecular formula is C17H23NO. The standard InChI is InChI=1S/C17H23NO/c1-18-9-8-17-7-3-2-4-14(17)16(18)10-12-5-6-13(19)11-15(12)17/h5-6,11,14,16,19H,2-4,7-10H2,1H3/t14-,16+,17+/m1/s1/i1+1D3. The number of nitrogens with zero attached hydrogens (tertiary/aromatic N) is 1. The number of likely N-dealkylation sites (tertiary alicyclic amines) is 1. The van der Waals surface area contributed by atoms with Crippen molar-refractivity contribution in [2.24, 2.45) is 5.92 Å². The molecule has 0 aromatic heterocycles. The van der Waals surface area contributed by atoms with E-state index in [1.54, 1.807) is 11.0 Å². The number of fused-ring (bicyclic) bond motifs is 1. The molecule has 1 saturated heterocycles. The van der Waals surface area contributed by atoms with Crippen LogP contribution in [-0.2, 0) is 11.8 Å². The minimum Gasteiger partial charge on any atom is -0.508 e. The summed E-state index contributed by atoms with van der Waals surface area (Å²) in [5.74, 6) is 0.763. The average molecular weight is 261 g/mol. The van der Waals surface area contributed by atoms with Gasteiger partial charge in [0.25, 0.3) is 0 Å². The summed E-state index contributed by atoms with van der Waals surface area (Å²) >= 11 is 0. The minimum atomic E-state index is -2.00. The Hall–Kier alpha value is -1.02. The molecule has 0 spiro atoms. The molecule has 0 amide bonds. The van der Waals surface area contributed by atoms with Crippen LogP contribution in [0, 0.1) is 5.92 Å². The van der Waals surface area contributed by atoms with Gasteiger partial charge in [-0.1, -0.05) is 18.9 Å². The highest BCUT2D eigenvalue weighted by Crippen LogP contribution is 2.55. The number of piperidine rings is 1. The Morgan fingerprint density at radius 3 is 3.21 bits per heavy atom. The molecule has 0 radical (unpaired) electrons. The first-order valence-electron chi connectivity index (χ1n) is 9.01. The fourth-order valence-electron chi connectivity index (χ4n) is 4.99. The van der Waals surface area contributed by atoms with E-state index in [0.717, 1.165) is 25.7 Å². The smallest absolute Gasteiger partial charge is 0.115 e. The third kappa shape index (κ3) is 1.53. The lowest BCUT2D eigenvalue weighted by Gasteiger charge is -2.58. The summed E-state index contributed by atoms with van der Waals surface area (Å²) in [4.78, 5) is 1.77. The lowest BCUT2D eigenvalue weighted by Crippen LogP contribution is -2.59. The van der Waals surface area contributed by atoms with Gasteiger partial charge in [-0.15, -0.1) is 0 Å². The largest absolute Gasteiger partial charge is 0.508 e. The molecule has 1 aromatic carbocycles. The van der Waals surface area contributed by atoms with Crippen LogP contribution in [0.3, 0.4) is 0 Å². The van der Waals surface area contributed by atoms with E-state index in [1.807, 2.05) is 12.1 Å². The first-order valence-corrected chi connectivity index (χ1v) is 7.51. The molecule has 2 aliphatic carbocycles. The summed E-state index contributed by atoms with van der Waals surface area (Å²) in [6.07, 6.45) is 6.38. The Kier molecular flexibility index (Phi) is 1.89. The first kappa shape index (κ1) is 9.02. The van der Waals surface area contributed by atoms with Crippen molar-refractivity contribution < 1.29 is 9.22 Å². The second-order valence-electron chi connectivity index (χ2n) is 6.56. The van der Waals surface area contributed by atoms with Crippen LogP contribution < -0.4 is 0 Å². The van der Waals surface area contributed by atoms with Crippen LogP contribution in [0.1, 0.15) is 47.3 Å². The van der Waals surface area contributed by atoms with Crippen LogP contribution in [0.4, 0.5) is 0 Å². The third-order valence-electron chi connectivity index (χ3n) is 5.82. The zero-order chi connectivity index (χ0) is 15.5. The number of rotatable bonds is 0. The van der Waals surface area contributed by atoms with Gasteiger partial charge in [0, 0.05) is 15.6 Å². The number of phenolic OH excluding ortho intramolecular Hbond substituents is 1. The minimum absolute atomic E-state index is 0.0942. The van der Waals surface area contributed by atoms with Crippen LogP contribution in [0.15, 0.2) is 18.2 Å². The van der Waals surface area contributed by atoms with Gasteiger partial charge in [-0.25, -0.2) is 0 Å². The van der Waals surface area contributed by atoms with Gasteiger partial charge in [0.2, 0.25) is 0 Å². The van der Waals surface area contributed by atoms with Crippen molar-refractivity contribution in [3.63, 3.8) is 0 Å². The van der Waals surface area contributed by atoms with Gasteiger partial charge in [0.15, 0.2) is 0 Å². The monoisotopic (exact) mass is 261 g/mol. The van der Waals surface area contributed by atoms with Gasteiger partial charge in [-0.05, 0) is 68.4 Å². The molecule has 3 atom stereocenters. The molecule has 1 N–H and O–H groups in total. The van der Waals surface area contributed by atoms with Crippen LogP contribution in [0.2, 0.25) is 0 Å². The van der Waals surface area contributed by atoms with Crippen molar-refractivity contribution in [1.82, 2.24) is 4.90 Å². The van der Waals surface area contributed by atoms with E-state index in [9.17, 15) is 5.11 Å². The Balaban J connectivity index is 1.85. The fraction of sp³-hybridized carbons (Fsp3) is 0.647. The highest BCUT2D eigenvalue weighted by Gasteiger charge is 2.52. The quantitative estimate of drug-likeness (QED) is 0.726. The predicted octanol–water partition coefficient (Wildman–Crippen LogP) is 3.08. The molecule has 1 heterocycles. The second-order valence-corrected chi connectivity index (χ2v) is 6.56. The molecule has 2 nitrogen and oxygen atoms in total. The number of phenols is 1. The SMILES string of the molecule is [2H][13C]([2H])([2H])N1CC[C@@]23CCCC[C@@H]2[C@@H]1Cc1ccc(O)cc13. The molecular weight excluding hydrogens is 235 g/mol. The van der Waals surface area contributed by atoms with Crippen molar-refractivity contribution >= 4 is 0 Å².